The second-order valence-corrected chi connectivity index (χ2v) is 9.85. The Hall–Kier alpha value is -4.20. The second-order valence-electron chi connectivity index (χ2n) is 9.85. The summed E-state index contributed by atoms with van der Waals surface area (Å²) in [6.45, 7) is 2.20. The molecule has 4 aromatic rings. The highest BCUT2D eigenvalue weighted by atomic mass is 16.5. The smallest absolute Gasteiger partial charge is 0.247 e. The summed E-state index contributed by atoms with van der Waals surface area (Å²) in [5.41, 5.74) is 4.16. The lowest BCUT2D eigenvalue weighted by Gasteiger charge is -2.33. The predicted molar refractivity (Wildman–Crippen MR) is 145 cm³/mol. The summed E-state index contributed by atoms with van der Waals surface area (Å²) >= 11 is 0. The molecule has 5 rings (SSSR count). The van der Waals surface area contributed by atoms with Gasteiger partial charge in [0.15, 0.2) is 0 Å². The van der Waals surface area contributed by atoms with E-state index < -0.39 is 6.04 Å². The maximum atomic E-state index is 14.1. The Morgan fingerprint density at radius 1 is 1.03 bits per heavy atom. The van der Waals surface area contributed by atoms with Gasteiger partial charge in [0.1, 0.15) is 23.9 Å². The highest BCUT2D eigenvalue weighted by molar-refractivity contribution is 5.89. The van der Waals surface area contributed by atoms with Crippen LogP contribution in [0.15, 0.2) is 72.8 Å². The van der Waals surface area contributed by atoms with Crippen molar-refractivity contribution in [1.82, 2.24) is 25.2 Å². The number of benzene rings is 3. The molecule has 8 heteroatoms. The quantitative estimate of drug-likeness (QED) is 0.355. The Bertz CT molecular complexity index is 1410. The van der Waals surface area contributed by atoms with E-state index in [-0.39, 0.29) is 30.9 Å². The summed E-state index contributed by atoms with van der Waals surface area (Å²) in [5.74, 6) is 0.359. The van der Waals surface area contributed by atoms with Crippen molar-refractivity contribution >= 4 is 22.8 Å². The van der Waals surface area contributed by atoms with Crippen LogP contribution in [-0.2, 0) is 22.7 Å². The number of para-hydroxylation sites is 1. The van der Waals surface area contributed by atoms with Gasteiger partial charge in [-0.1, -0.05) is 66.6 Å². The molecule has 8 nitrogen and oxygen atoms in total. The van der Waals surface area contributed by atoms with Crippen molar-refractivity contribution in [3.63, 3.8) is 0 Å². The first-order chi connectivity index (χ1) is 18.5. The molecule has 38 heavy (non-hydrogen) atoms. The zero-order valence-corrected chi connectivity index (χ0v) is 21.8. The Morgan fingerprint density at radius 2 is 1.74 bits per heavy atom. The van der Waals surface area contributed by atoms with Gasteiger partial charge in [0.25, 0.3) is 0 Å². The number of nitrogens with zero attached hydrogens (tertiary/aromatic N) is 4. The molecule has 1 aromatic heterocycles. The van der Waals surface area contributed by atoms with Crippen LogP contribution in [0, 0.1) is 6.92 Å². The van der Waals surface area contributed by atoms with Crippen molar-refractivity contribution in [2.75, 3.05) is 7.11 Å². The van der Waals surface area contributed by atoms with E-state index >= 15 is 0 Å². The highest BCUT2D eigenvalue weighted by Crippen LogP contribution is 2.29. The van der Waals surface area contributed by atoms with Gasteiger partial charge in [0.2, 0.25) is 11.8 Å². The molecule has 0 unspecified atom stereocenters. The maximum absolute atomic E-state index is 14.1. The van der Waals surface area contributed by atoms with Crippen LogP contribution < -0.4 is 10.1 Å². The third-order valence-corrected chi connectivity index (χ3v) is 7.28. The first-order valence-corrected chi connectivity index (χ1v) is 13.1. The van der Waals surface area contributed by atoms with E-state index in [9.17, 15) is 9.59 Å². The lowest BCUT2D eigenvalue weighted by atomic mass is 9.97. The Morgan fingerprint density at radius 3 is 2.47 bits per heavy atom. The number of hydrogen-bond donors (Lipinski definition) is 1. The Labute approximate surface area is 222 Å². The van der Waals surface area contributed by atoms with Crippen molar-refractivity contribution in [3.8, 4) is 5.75 Å². The van der Waals surface area contributed by atoms with E-state index in [4.69, 9.17) is 4.74 Å². The van der Waals surface area contributed by atoms with Crippen LogP contribution >= 0.6 is 0 Å². The summed E-state index contributed by atoms with van der Waals surface area (Å²) in [6, 6.07) is 22.2. The minimum Gasteiger partial charge on any atom is -0.497 e. The molecule has 0 saturated heterocycles. The Balaban J connectivity index is 1.53. The molecule has 0 bridgehead atoms. The first kappa shape index (κ1) is 25.4. The summed E-state index contributed by atoms with van der Waals surface area (Å²) in [6.07, 6.45) is 4.13. The number of carbonyl (C=O) groups excluding carboxylic acids is 2. The SMILES string of the molecule is COc1ccc(CN(C(=O)Cn2nnc3ccccc32)[C@@H](C(=O)NC2CCCC2)c2ccccc2C)cc1. The summed E-state index contributed by atoms with van der Waals surface area (Å²) in [5, 5.41) is 11.7. The lowest BCUT2D eigenvalue weighted by molar-refractivity contribution is -0.142. The van der Waals surface area contributed by atoms with Gasteiger partial charge in [0, 0.05) is 12.6 Å². The van der Waals surface area contributed by atoms with Gasteiger partial charge in [-0.05, 0) is 60.7 Å². The average molecular weight is 512 g/mol. The minimum absolute atomic E-state index is 0.0320. The van der Waals surface area contributed by atoms with Gasteiger partial charge in [-0.3, -0.25) is 9.59 Å². The molecule has 196 valence electrons. The predicted octanol–water partition coefficient (Wildman–Crippen LogP) is 4.58. The minimum atomic E-state index is -0.791. The normalized spacial score (nSPS) is 14.4. The van der Waals surface area contributed by atoms with E-state index in [2.05, 4.69) is 15.6 Å². The van der Waals surface area contributed by atoms with E-state index in [1.54, 1.807) is 16.7 Å². The largest absolute Gasteiger partial charge is 0.497 e. The van der Waals surface area contributed by atoms with Gasteiger partial charge >= 0.3 is 0 Å². The zero-order valence-electron chi connectivity index (χ0n) is 21.8. The molecule has 0 radical (unpaired) electrons. The van der Waals surface area contributed by atoms with Crippen molar-refractivity contribution < 1.29 is 14.3 Å². The molecule has 1 aliphatic carbocycles. The maximum Gasteiger partial charge on any atom is 0.247 e. The zero-order chi connectivity index (χ0) is 26.5. The molecule has 1 N–H and O–H groups in total. The van der Waals surface area contributed by atoms with Crippen LogP contribution in [0.1, 0.15) is 48.4 Å². The molecule has 0 aliphatic heterocycles. The standard InChI is InChI=1S/C30H33N5O3/c1-21-9-3-6-12-25(21)29(30(37)31-23-10-4-5-11-23)34(19-22-15-17-24(38-2)18-16-22)28(36)20-35-27-14-8-7-13-26(27)32-33-35/h3,6-9,12-18,23,29H,4-5,10-11,19-20H2,1-2H3,(H,31,37)/t29-/m1/s1. The molecular weight excluding hydrogens is 478 g/mol. The third-order valence-electron chi connectivity index (χ3n) is 7.28. The van der Waals surface area contributed by atoms with E-state index in [0.29, 0.717) is 0 Å². The lowest BCUT2D eigenvalue weighted by Crippen LogP contribution is -2.47. The number of nitrogens with one attached hydrogen (secondary N) is 1. The average Bonchev–Trinajstić information content (AvgIpc) is 3.60. The molecule has 1 fully saturated rings. The number of amides is 2. The van der Waals surface area contributed by atoms with Crippen LogP contribution in [-0.4, -0.2) is 44.9 Å². The molecular formula is C30H33N5O3. The van der Waals surface area contributed by atoms with Crippen LogP contribution in [0.5, 0.6) is 5.75 Å². The summed E-state index contributed by atoms with van der Waals surface area (Å²) in [7, 11) is 1.62. The number of aromatic nitrogens is 3. The molecule has 2 amide bonds. The van der Waals surface area contributed by atoms with Crippen LogP contribution in [0.25, 0.3) is 11.0 Å². The number of hydrogen-bond acceptors (Lipinski definition) is 5. The fraction of sp³-hybridized carbons (Fsp3) is 0.333. The van der Waals surface area contributed by atoms with E-state index in [1.165, 1.54) is 0 Å². The van der Waals surface area contributed by atoms with Gasteiger partial charge in [-0.2, -0.15) is 0 Å². The van der Waals surface area contributed by atoms with Crippen LogP contribution in [0.3, 0.4) is 0 Å². The van der Waals surface area contributed by atoms with Crippen molar-refractivity contribution in [2.24, 2.45) is 0 Å². The van der Waals surface area contributed by atoms with Crippen molar-refractivity contribution in [3.05, 3.63) is 89.5 Å². The van der Waals surface area contributed by atoms with Crippen molar-refractivity contribution in [1.29, 1.82) is 0 Å². The number of ether oxygens (including phenoxy) is 1. The number of fused-ring (bicyclic) bond motifs is 1. The van der Waals surface area contributed by atoms with Gasteiger partial charge < -0.3 is 15.0 Å². The fourth-order valence-electron chi connectivity index (χ4n) is 5.20. The molecule has 1 atom stereocenters. The number of carbonyl (C=O) groups is 2. The van der Waals surface area contributed by atoms with Gasteiger partial charge in [0.05, 0.1) is 12.6 Å². The first-order valence-electron chi connectivity index (χ1n) is 13.1. The molecule has 0 spiro atoms. The summed E-state index contributed by atoms with van der Waals surface area (Å²) < 4.78 is 6.91. The number of rotatable bonds is 9. The van der Waals surface area contributed by atoms with Crippen LogP contribution in [0.4, 0.5) is 0 Å². The topological polar surface area (TPSA) is 89.3 Å². The number of methoxy groups -OCH3 is 1. The molecule has 1 heterocycles. The molecule has 1 aliphatic rings. The molecule has 1 saturated carbocycles. The molecule has 3 aromatic carbocycles. The van der Waals surface area contributed by atoms with Crippen molar-refractivity contribution in [2.45, 2.75) is 57.8 Å². The fourth-order valence-corrected chi connectivity index (χ4v) is 5.20. The second kappa shape index (κ2) is 11.5. The van der Waals surface area contributed by atoms with Gasteiger partial charge in [-0.25, -0.2) is 4.68 Å². The monoisotopic (exact) mass is 511 g/mol. The third kappa shape index (κ3) is 5.54. The summed E-state index contributed by atoms with van der Waals surface area (Å²) in [4.78, 5) is 29.7. The van der Waals surface area contributed by atoms with E-state index in [0.717, 1.165) is 59.2 Å². The number of aryl methyl sites for hydroxylation is 1. The van der Waals surface area contributed by atoms with E-state index in [1.807, 2.05) is 79.7 Å². The Kier molecular flexibility index (Phi) is 7.67. The highest BCUT2D eigenvalue weighted by Gasteiger charge is 2.34. The van der Waals surface area contributed by atoms with Crippen LogP contribution in [0.2, 0.25) is 0 Å². The van der Waals surface area contributed by atoms with Gasteiger partial charge in [-0.15, -0.1) is 5.10 Å².